The van der Waals surface area contributed by atoms with Gasteiger partial charge in [-0.1, -0.05) is 12.1 Å². The lowest BCUT2D eigenvalue weighted by molar-refractivity contribution is 0.0204. The van der Waals surface area contributed by atoms with Gasteiger partial charge in [-0.15, -0.1) is 11.8 Å². The van der Waals surface area contributed by atoms with Crippen LogP contribution in [0.15, 0.2) is 23.1 Å². The van der Waals surface area contributed by atoms with Crippen molar-refractivity contribution in [3.63, 3.8) is 0 Å². The van der Waals surface area contributed by atoms with Gasteiger partial charge in [0.15, 0.2) is 0 Å². The average molecular weight is 334 g/mol. The van der Waals surface area contributed by atoms with E-state index in [0.29, 0.717) is 5.92 Å². The SMILES string of the molecule is CC(C)(C)OC(=O)N1CCC(c2cccc3c2SCCN3)CC1. The van der Waals surface area contributed by atoms with Crippen LogP contribution in [-0.2, 0) is 4.74 Å². The highest BCUT2D eigenvalue weighted by Crippen LogP contribution is 2.40. The molecule has 4 nitrogen and oxygen atoms in total. The minimum atomic E-state index is -0.422. The largest absolute Gasteiger partial charge is 0.444 e. The summed E-state index contributed by atoms with van der Waals surface area (Å²) in [5.41, 5.74) is 2.30. The molecule has 2 heterocycles. The third-order valence-corrected chi connectivity index (χ3v) is 5.45. The molecule has 0 aliphatic carbocycles. The van der Waals surface area contributed by atoms with E-state index in [1.54, 1.807) is 0 Å². The number of carbonyl (C=O) groups excluding carboxylic acids is 1. The molecule has 0 aromatic heterocycles. The molecular weight excluding hydrogens is 308 g/mol. The normalized spacial score (nSPS) is 19.0. The Morgan fingerprint density at radius 3 is 2.74 bits per heavy atom. The predicted octanol–water partition coefficient (Wildman–Crippen LogP) is 4.32. The molecule has 2 aliphatic rings. The number of anilines is 1. The van der Waals surface area contributed by atoms with E-state index in [-0.39, 0.29) is 6.09 Å². The molecule has 23 heavy (non-hydrogen) atoms. The molecule has 1 aromatic carbocycles. The Balaban J connectivity index is 1.65. The maximum absolute atomic E-state index is 12.2. The first-order valence-corrected chi connectivity index (χ1v) is 9.40. The number of rotatable bonds is 1. The first kappa shape index (κ1) is 16.5. The summed E-state index contributed by atoms with van der Waals surface area (Å²) in [7, 11) is 0. The number of hydrogen-bond donors (Lipinski definition) is 1. The first-order valence-electron chi connectivity index (χ1n) is 8.41. The zero-order chi connectivity index (χ0) is 16.4. The van der Waals surface area contributed by atoms with Crippen LogP contribution in [-0.4, -0.2) is 42.0 Å². The predicted molar refractivity (Wildman–Crippen MR) is 95.4 cm³/mol. The number of nitrogens with zero attached hydrogens (tertiary/aromatic N) is 1. The quantitative estimate of drug-likeness (QED) is 0.830. The molecule has 5 heteroatoms. The summed E-state index contributed by atoms with van der Waals surface area (Å²) in [6, 6.07) is 6.57. The van der Waals surface area contributed by atoms with E-state index < -0.39 is 5.60 Å². The van der Waals surface area contributed by atoms with Crippen LogP contribution in [0.3, 0.4) is 0 Å². The number of hydrogen-bond acceptors (Lipinski definition) is 4. The minimum absolute atomic E-state index is 0.179. The Morgan fingerprint density at radius 1 is 1.30 bits per heavy atom. The van der Waals surface area contributed by atoms with Gasteiger partial charge < -0.3 is 15.0 Å². The Hall–Kier alpha value is -1.36. The van der Waals surface area contributed by atoms with Gasteiger partial charge in [-0.25, -0.2) is 4.79 Å². The van der Waals surface area contributed by atoms with Crippen LogP contribution in [0, 0.1) is 0 Å². The number of amides is 1. The Kier molecular flexibility index (Phi) is 4.76. The summed E-state index contributed by atoms with van der Waals surface area (Å²) in [6.45, 7) is 8.34. The molecule has 1 amide bonds. The molecule has 0 spiro atoms. The second kappa shape index (κ2) is 6.63. The van der Waals surface area contributed by atoms with Gasteiger partial charge in [0.1, 0.15) is 5.60 Å². The fourth-order valence-electron chi connectivity index (χ4n) is 3.21. The topological polar surface area (TPSA) is 41.6 Å². The van der Waals surface area contributed by atoms with Crippen LogP contribution < -0.4 is 5.32 Å². The van der Waals surface area contributed by atoms with Crippen LogP contribution in [0.1, 0.15) is 45.1 Å². The van der Waals surface area contributed by atoms with Crippen molar-refractivity contribution in [1.29, 1.82) is 0 Å². The summed E-state index contributed by atoms with van der Waals surface area (Å²) in [6.07, 6.45) is 1.84. The molecule has 1 saturated heterocycles. The highest BCUT2D eigenvalue weighted by molar-refractivity contribution is 7.99. The zero-order valence-electron chi connectivity index (χ0n) is 14.2. The van der Waals surface area contributed by atoms with Gasteiger partial charge in [-0.2, -0.15) is 0 Å². The molecule has 0 unspecified atom stereocenters. The van der Waals surface area contributed by atoms with Gasteiger partial charge in [0.2, 0.25) is 0 Å². The van der Waals surface area contributed by atoms with Crippen molar-refractivity contribution in [2.24, 2.45) is 0 Å². The Bertz CT molecular complexity index is 575. The van der Waals surface area contributed by atoms with Crippen LogP contribution >= 0.6 is 11.8 Å². The zero-order valence-corrected chi connectivity index (χ0v) is 15.0. The lowest BCUT2D eigenvalue weighted by atomic mass is 9.89. The number of carbonyl (C=O) groups is 1. The summed E-state index contributed by atoms with van der Waals surface area (Å²) in [5, 5.41) is 3.49. The van der Waals surface area contributed by atoms with Gasteiger partial charge in [-0.3, -0.25) is 0 Å². The fraction of sp³-hybridized carbons (Fsp3) is 0.611. The van der Waals surface area contributed by atoms with E-state index in [0.717, 1.165) is 38.2 Å². The summed E-state index contributed by atoms with van der Waals surface area (Å²) in [4.78, 5) is 15.4. The lowest BCUT2D eigenvalue weighted by Crippen LogP contribution is -2.41. The molecule has 3 rings (SSSR count). The van der Waals surface area contributed by atoms with Crippen LogP contribution in [0.5, 0.6) is 0 Å². The van der Waals surface area contributed by atoms with Crippen LogP contribution in [0.4, 0.5) is 10.5 Å². The van der Waals surface area contributed by atoms with Crippen molar-refractivity contribution >= 4 is 23.5 Å². The van der Waals surface area contributed by atoms with Crippen molar-refractivity contribution in [1.82, 2.24) is 4.90 Å². The van der Waals surface area contributed by atoms with Gasteiger partial charge in [0.05, 0.1) is 0 Å². The molecule has 2 aliphatic heterocycles. The molecular formula is C18H26N2O2S. The number of benzene rings is 1. The van der Waals surface area contributed by atoms with Crippen molar-refractivity contribution in [2.75, 3.05) is 30.7 Å². The van der Waals surface area contributed by atoms with Gasteiger partial charge in [0, 0.05) is 36.0 Å². The van der Waals surface area contributed by atoms with E-state index in [2.05, 4.69) is 23.5 Å². The smallest absolute Gasteiger partial charge is 0.410 e. The van der Waals surface area contributed by atoms with E-state index in [4.69, 9.17) is 4.74 Å². The number of piperidine rings is 1. The number of ether oxygens (including phenoxy) is 1. The molecule has 0 atom stereocenters. The average Bonchev–Trinajstić information content (AvgIpc) is 2.53. The number of thioether (sulfide) groups is 1. The summed E-state index contributed by atoms with van der Waals surface area (Å²) < 4.78 is 5.48. The highest BCUT2D eigenvalue weighted by Gasteiger charge is 2.29. The second-order valence-corrected chi connectivity index (χ2v) is 8.35. The standard InChI is InChI=1S/C18H26N2O2S/c1-18(2,3)22-17(21)20-10-7-13(8-11-20)14-5-4-6-15-16(14)23-12-9-19-15/h4-6,13,19H,7-12H2,1-3H3. The number of likely N-dealkylation sites (tertiary alicyclic amines) is 1. The Morgan fingerprint density at radius 2 is 2.04 bits per heavy atom. The van der Waals surface area contributed by atoms with E-state index in [9.17, 15) is 4.79 Å². The summed E-state index contributed by atoms with van der Waals surface area (Å²) in [5.74, 6) is 1.66. The third kappa shape index (κ3) is 3.94. The lowest BCUT2D eigenvalue weighted by Gasteiger charge is -2.34. The molecule has 1 fully saturated rings. The Labute approximate surface area is 143 Å². The van der Waals surface area contributed by atoms with Crippen LogP contribution in [0.25, 0.3) is 0 Å². The van der Waals surface area contributed by atoms with Gasteiger partial charge in [0.25, 0.3) is 0 Å². The van der Waals surface area contributed by atoms with Crippen molar-refractivity contribution < 1.29 is 9.53 Å². The van der Waals surface area contributed by atoms with Gasteiger partial charge in [-0.05, 0) is 51.2 Å². The number of nitrogens with one attached hydrogen (secondary N) is 1. The minimum Gasteiger partial charge on any atom is -0.444 e. The number of fused-ring (bicyclic) bond motifs is 1. The van der Waals surface area contributed by atoms with E-state index in [1.807, 2.05) is 37.4 Å². The van der Waals surface area contributed by atoms with E-state index >= 15 is 0 Å². The fourth-order valence-corrected chi connectivity index (χ4v) is 4.32. The molecule has 1 N–H and O–H groups in total. The van der Waals surface area contributed by atoms with Crippen molar-refractivity contribution in [2.45, 2.75) is 50.0 Å². The van der Waals surface area contributed by atoms with Crippen molar-refractivity contribution in [3.05, 3.63) is 23.8 Å². The summed E-state index contributed by atoms with van der Waals surface area (Å²) >= 11 is 1.96. The highest BCUT2D eigenvalue weighted by atomic mass is 32.2. The third-order valence-electron chi connectivity index (χ3n) is 4.30. The first-order chi connectivity index (χ1) is 10.9. The maximum Gasteiger partial charge on any atom is 0.410 e. The molecule has 0 saturated carbocycles. The molecule has 126 valence electrons. The molecule has 0 radical (unpaired) electrons. The van der Waals surface area contributed by atoms with E-state index in [1.165, 1.54) is 16.1 Å². The molecule has 1 aromatic rings. The van der Waals surface area contributed by atoms with Crippen LogP contribution in [0.2, 0.25) is 0 Å². The molecule has 0 bridgehead atoms. The van der Waals surface area contributed by atoms with Gasteiger partial charge >= 0.3 is 6.09 Å². The maximum atomic E-state index is 12.2. The second-order valence-electron chi connectivity index (χ2n) is 7.24. The monoisotopic (exact) mass is 334 g/mol. The van der Waals surface area contributed by atoms with Crippen molar-refractivity contribution in [3.8, 4) is 0 Å².